The Bertz CT molecular complexity index is 216. The molecular weight excluding hydrogens is 212 g/mol. The summed E-state index contributed by atoms with van der Waals surface area (Å²) >= 11 is 3.60. The van der Waals surface area contributed by atoms with E-state index in [9.17, 15) is 0 Å². The average molecular weight is 227 g/mol. The second kappa shape index (κ2) is 4.66. The smallest absolute Gasteiger partial charge is 0.0146 e. The van der Waals surface area contributed by atoms with Crippen LogP contribution in [-0.2, 0) is 6.42 Å². The molecule has 2 atom stereocenters. The summed E-state index contributed by atoms with van der Waals surface area (Å²) in [4.78, 5) is 0.595. The summed E-state index contributed by atoms with van der Waals surface area (Å²) in [5.41, 5.74) is 1.43. The Morgan fingerprint density at radius 3 is 2.25 bits per heavy atom. The molecule has 0 nitrogen and oxygen atoms in total. The maximum Gasteiger partial charge on any atom is 0.0146 e. The van der Waals surface area contributed by atoms with E-state index in [1.807, 2.05) is 0 Å². The SMILES string of the molecule is CC(Br)C(C)Cc1ccccc1. The van der Waals surface area contributed by atoms with Gasteiger partial charge in [-0.15, -0.1) is 0 Å². The summed E-state index contributed by atoms with van der Waals surface area (Å²) in [6.45, 7) is 4.47. The van der Waals surface area contributed by atoms with Crippen LogP contribution in [0.25, 0.3) is 0 Å². The standard InChI is InChI=1S/C11H15Br/c1-9(10(2)12)8-11-6-4-3-5-7-11/h3-7,9-10H,8H2,1-2H3. The molecule has 0 saturated carbocycles. The van der Waals surface area contributed by atoms with E-state index in [0.717, 1.165) is 6.42 Å². The van der Waals surface area contributed by atoms with Crippen LogP contribution in [0.1, 0.15) is 19.4 Å². The molecule has 1 aromatic rings. The largest absolute Gasteiger partial charge is 0.0891 e. The van der Waals surface area contributed by atoms with Crippen LogP contribution in [0.15, 0.2) is 30.3 Å². The summed E-state index contributed by atoms with van der Waals surface area (Å²) in [6, 6.07) is 10.6. The van der Waals surface area contributed by atoms with Gasteiger partial charge in [-0.25, -0.2) is 0 Å². The first-order valence-electron chi connectivity index (χ1n) is 4.38. The fraction of sp³-hybridized carbons (Fsp3) is 0.455. The Balaban J connectivity index is 2.53. The second-order valence-corrected chi connectivity index (χ2v) is 4.79. The van der Waals surface area contributed by atoms with Gasteiger partial charge in [0.25, 0.3) is 0 Å². The molecule has 66 valence electrons. The molecule has 0 N–H and O–H groups in total. The Hall–Kier alpha value is -0.300. The fourth-order valence-corrected chi connectivity index (χ4v) is 1.34. The Labute approximate surface area is 83.1 Å². The van der Waals surface area contributed by atoms with Crippen molar-refractivity contribution in [1.82, 2.24) is 0 Å². The van der Waals surface area contributed by atoms with Gasteiger partial charge < -0.3 is 0 Å². The van der Waals surface area contributed by atoms with Gasteiger partial charge >= 0.3 is 0 Å². The number of benzene rings is 1. The van der Waals surface area contributed by atoms with Crippen LogP contribution in [0, 0.1) is 5.92 Å². The van der Waals surface area contributed by atoms with E-state index in [2.05, 4.69) is 60.1 Å². The molecule has 0 aliphatic carbocycles. The first kappa shape index (κ1) is 9.79. The van der Waals surface area contributed by atoms with Gasteiger partial charge in [0.1, 0.15) is 0 Å². The van der Waals surface area contributed by atoms with Crippen LogP contribution in [0.4, 0.5) is 0 Å². The Morgan fingerprint density at radius 1 is 1.17 bits per heavy atom. The Kier molecular flexibility index (Phi) is 3.80. The molecule has 1 rings (SSSR count). The van der Waals surface area contributed by atoms with Gasteiger partial charge in [0.15, 0.2) is 0 Å². The van der Waals surface area contributed by atoms with Crippen molar-refractivity contribution in [3.63, 3.8) is 0 Å². The van der Waals surface area contributed by atoms with Crippen LogP contribution >= 0.6 is 15.9 Å². The van der Waals surface area contributed by atoms with Crippen LogP contribution in [0.2, 0.25) is 0 Å². The van der Waals surface area contributed by atoms with E-state index >= 15 is 0 Å². The minimum atomic E-state index is 0.595. The highest BCUT2D eigenvalue weighted by Crippen LogP contribution is 2.16. The molecule has 2 unspecified atom stereocenters. The summed E-state index contributed by atoms with van der Waals surface area (Å²) in [5.74, 6) is 0.701. The first-order chi connectivity index (χ1) is 5.70. The highest BCUT2D eigenvalue weighted by Gasteiger charge is 2.08. The zero-order valence-corrected chi connectivity index (χ0v) is 9.21. The average Bonchev–Trinajstić information content (AvgIpc) is 2.06. The summed E-state index contributed by atoms with van der Waals surface area (Å²) in [7, 11) is 0. The fourth-order valence-electron chi connectivity index (χ4n) is 1.15. The van der Waals surface area contributed by atoms with E-state index in [1.165, 1.54) is 5.56 Å². The molecule has 0 aliphatic heterocycles. The number of hydrogen-bond acceptors (Lipinski definition) is 0. The quantitative estimate of drug-likeness (QED) is 0.691. The van der Waals surface area contributed by atoms with Gasteiger partial charge in [0.05, 0.1) is 0 Å². The van der Waals surface area contributed by atoms with Crippen molar-refractivity contribution in [2.75, 3.05) is 0 Å². The molecule has 0 radical (unpaired) electrons. The maximum absolute atomic E-state index is 3.60. The van der Waals surface area contributed by atoms with Gasteiger partial charge in [-0.1, -0.05) is 60.1 Å². The van der Waals surface area contributed by atoms with Gasteiger partial charge in [-0.2, -0.15) is 0 Å². The lowest BCUT2D eigenvalue weighted by atomic mass is 9.99. The molecule has 0 fully saturated rings. The third kappa shape index (κ3) is 2.98. The van der Waals surface area contributed by atoms with Crippen LogP contribution in [-0.4, -0.2) is 4.83 Å². The molecular formula is C11H15Br. The van der Waals surface area contributed by atoms with Crippen molar-refractivity contribution in [3.05, 3.63) is 35.9 Å². The van der Waals surface area contributed by atoms with Crippen molar-refractivity contribution in [1.29, 1.82) is 0 Å². The van der Waals surface area contributed by atoms with E-state index in [-0.39, 0.29) is 0 Å². The number of alkyl halides is 1. The molecule has 0 saturated heterocycles. The van der Waals surface area contributed by atoms with Crippen molar-refractivity contribution in [3.8, 4) is 0 Å². The lowest BCUT2D eigenvalue weighted by molar-refractivity contribution is 0.581. The van der Waals surface area contributed by atoms with E-state index in [4.69, 9.17) is 0 Å². The van der Waals surface area contributed by atoms with Crippen molar-refractivity contribution < 1.29 is 0 Å². The lowest BCUT2D eigenvalue weighted by Crippen LogP contribution is -2.09. The number of hydrogen-bond donors (Lipinski definition) is 0. The molecule has 0 heterocycles. The summed E-state index contributed by atoms with van der Waals surface area (Å²) < 4.78 is 0. The zero-order valence-electron chi connectivity index (χ0n) is 7.63. The minimum absolute atomic E-state index is 0.595. The number of halogens is 1. The van der Waals surface area contributed by atoms with Gasteiger partial charge in [0.2, 0.25) is 0 Å². The van der Waals surface area contributed by atoms with Gasteiger partial charge in [-0.05, 0) is 17.9 Å². The predicted octanol–water partition coefficient (Wildman–Crippen LogP) is 3.65. The molecule has 1 aromatic carbocycles. The third-order valence-electron chi connectivity index (χ3n) is 2.18. The van der Waals surface area contributed by atoms with Gasteiger partial charge in [-0.3, -0.25) is 0 Å². The number of rotatable bonds is 3. The monoisotopic (exact) mass is 226 g/mol. The molecule has 0 amide bonds. The summed E-state index contributed by atoms with van der Waals surface area (Å²) in [6.07, 6.45) is 1.16. The van der Waals surface area contributed by atoms with Crippen molar-refractivity contribution in [2.24, 2.45) is 5.92 Å². The first-order valence-corrected chi connectivity index (χ1v) is 5.29. The molecule has 0 aliphatic rings. The Morgan fingerprint density at radius 2 is 1.75 bits per heavy atom. The highest BCUT2D eigenvalue weighted by molar-refractivity contribution is 9.09. The van der Waals surface area contributed by atoms with Crippen LogP contribution in [0.5, 0.6) is 0 Å². The van der Waals surface area contributed by atoms with Crippen molar-refractivity contribution in [2.45, 2.75) is 25.1 Å². The second-order valence-electron chi connectivity index (χ2n) is 3.34. The third-order valence-corrected chi connectivity index (χ3v) is 3.09. The zero-order chi connectivity index (χ0) is 8.97. The normalized spacial score (nSPS) is 15.6. The molecule has 1 heteroatoms. The lowest BCUT2D eigenvalue weighted by Gasteiger charge is -2.13. The van der Waals surface area contributed by atoms with Crippen LogP contribution < -0.4 is 0 Å². The van der Waals surface area contributed by atoms with Crippen LogP contribution in [0.3, 0.4) is 0 Å². The predicted molar refractivity (Wildman–Crippen MR) is 57.7 cm³/mol. The molecule has 0 aromatic heterocycles. The van der Waals surface area contributed by atoms with Gasteiger partial charge in [0, 0.05) is 4.83 Å². The van der Waals surface area contributed by atoms with Crippen molar-refractivity contribution >= 4 is 15.9 Å². The maximum atomic E-state index is 3.60. The van der Waals surface area contributed by atoms with E-state index in [0.29, 0.717) is 10.7 Å². The minimum Gasteiger partial charge on any atom is -0.0891 e. The van der Waals surface area contributed by atoms with E-state index in [1.54, 1.807) is 0 Å². The van der Waals surface area contributed by atoms with E-state index < -0.39 is 0 Å². The molecule has 12 heavy (non-hydrogen) atoms. The molecule has 0 spiro atoms. The topological polar surface area (TPSA) is 0 Å². The summed E-state index contributed by atoms with van der Waals surface area (Å²) in [5, 5.41) is 0. The highest BCUT2D eigenvalue weighted by atomic mass is 79.9. The molecule has 0 bridgehead atoms.